The van der Waals surface area contributed by atoms with E-state index in [-0.39, 0.29) is 6.29 Å². The summed E-state index contributed by atoms with van der Waals surface area (Å²) in [5.41, 5.74) is 1.28. The first-order valence-electron chi connectivity index (χ1n) is 7.56. The predicted octanol–water partition coefficient (Wildman–Crippen LogP) is 2.44. The molecule has 0 spiro atoms. The van der Waals surface area contributed by atoms with Crippen LogP contribution in [0.1, 0.15) is 19.3 Å². The summed E-state index contributed by atoms with van der Waals surface area (Å²) in [6.45, 7) is 4.08. The second-order valence-corrected chi connectivity index (χ2v) is 5.40. The molecule has 2 aliphatic rings. The van der Waals surface area contributed by atoms with E-state index in [1.54, 1.807) is 0 Å². The molecule has 2 saturated heterocycles. The predicted molar refractivity (Wildman–Crippen MR) is 77.9 cm³/mol. The zero-order chi connectivity index (χ0) is 13.6. The number of benzene rings is 1. The number of nitrogens with zero attached hydrogens (tertiary/aromatic N) is 1. The van der Waals surface area contributed by atoms with Gasteiger partial charge >= 0.3 is 0 Å². The first-order chi connectivity index (χ1) is 9.92. The van der Waals surface area contributed by atoms with Crippen molar-refractivity contribution in [1.82, 2.24) is 0 Å². The Morgan fingerprint density at radius 1 is 1.05 bits per heavy atom. The molecule has 0 aromatic heterocycles. The van der Waals surface area contributed by atoms with Gasteiger partial charge in [0.1, 0.15) is 0 Å². The van der Waals surface area contributed by atoms with Crippen molar-refractivity contribution >= 4 is 5.69 Å². The largest absolute Gasteiger partial charge is 0.372 e. The highest BCUT2D eigenvalue weighted by molar-refractivity contribution is 5.48. The van der Waals surface area contributed by atoms with E-state index in [9.17, 15) is 0 Å². The number of para-hydroxylation sites is 1. The number of anilines is 1. The monoisotopic (exact) mass is 277 g/mol. The van der Waals surface area contributed by atoms with Gasteiger partial charge in [0.25, 0.3) is 0 Å². The minimum Gasteiger partial charge on any atom is -0.372 e. The van der Waals surface area contributed by atoms with Crippen LogP contribution in [-0.4, -0.2) is 45.3 Å². The Hall–Kier alpha value is -1.10. The Kier molecular flexibility index (Phi) is 4.90. The van der Waals surface area contributed by atoms with E-state index in [0.717, 1.165) is 32.5 Å². The van der Waals surface area contributed by atoms with Gasteiger partial charge in [-0.05, 0) is 31.4 Å². The minimum atomic E-state index is -0.00504. The Bertz CT molecular complexity index is 386. The second kappa shape index (κ2) is 7.07. The van der Waals surface area contributed by atoms with Gasteiger partial charge in [0.2, 0.25) is 0 Å². The van der Waals surface area contributed by atoms with Gasteiger partial charge in [-0.1, -0.05) is 18.2 Å². The molecule has 4 nitrogen and oxygen atoms in total. The second-order valence-electron chi connectivity index (χ2n) is 5.40. The summed E-state index contributed by atoms with van der Waals surface area (Å²) in [6.07, 6.45) is 3.72. The summed E-state index contributed by atoms with van der Waals surface area (Å²) in [5.74, 6) is 0. The van der Waals surface area contributed by atoms with E-state index in [0.29, 0.717) is 19.3 Å². The summed E-state index contributed by atoms with van der Waals surface area (Å²) < 4.78 is 17.0. The lowest BCUT2D eigenvalue weighted by Gasteiger charge is -2.40. The van der Waals surface area contributed by atoms with Gasteiger partial charge in [0.05, 0.1) is 19.3 Å². The topological polar surface area (TPSA) is 30.9 Å². The van der Waals surface area contributed by atoms with Crippen LogP contribution in [0.25, 0.3) is 0 Å². The lowest BCUT2D eigenvalue weighted by atomic mass is 10.1. The summed E-state index contributed by atoms with van der Waals surface area (Å²) in [7, 11) is 0. The zero-order valence-corrected chi connectivity index (χ0v) is 11.9. The molecule has 0 aliphatic carbocycles. The van der Waals surface area contributed by atoms with E-state index in [1.807, 2.05) is 6.07 Å². The van der Waals surface area contributed by atoms with Crippen molar-refractivity contribution < 1.29 is 14.2 Å². The van der Waals surface area contributed by atoms with Gasteiger partial charge in [-0.3, -0.25) is 0 Å². The van der Waals surface area contributed by atoms with Crippen LogP contribution in [0.2, 0.25) is 0 Å². The van der Waals surface area contributed by atoms with Crippen LogP contribution < -0.4 is 4.90 Å². The fourth-order valence-electron chi connectivity index (χ4n) is 2.63. The SMILES string of the molecule is c1ccc(N2CC(OCCOC3CCCCO3)C2)cc1. The zero-order valence-electron chi connectivity index (χ0n) is 11.9. The molecule has 1 aromatic carbocycles. The fourth-order valence-corrected chi connectivity index (χ4v) is 2.63. The van der Waals surface area contributed by atoms with E-state index in [1.165, 1.54) is 12.1 Å². The smallest absolute Gasteiger partial charge is 0.157 e. The third-order valence-electron chi connectivity index (χ3n) is 3.85. The Labute approximate surface area is 120 Å². The van der Waals surface area contributed by atoms with Crippen LogP contribution in [0.4, 0.5) is 5.69 Å². The molecule has 0 amide bonds. The average molecular weight is 277 g/mol. The lowest BCUT2D eigenvalue weighted by Crippen LogP contribution is -2.52. The highest BCUT2D eigenvalue weighted by atomic mass is 16.7. The van der Waals surface area contributed by atoms with Crippen molar-refractivity contribution in [2.75, 3.05) is 37.8 Å². The standard InChI is InChI=1S/C16H23NO3/c1-2-6-14(7-3-1)17-12-15(13-17)18-10-11-20-16-8-4-5-9-19-16/h1-3,6-7,15-16H,4-5,8-13H2. The molecule has 110 valence electrons. The van der Waals surface area contributed by atoms with Crippen molar-refractivity contribution in [2.45, 2.75) is 31.7 Å². The van der Waals surface area contributed by atoms with Crippen LogP contribution >= 0.6 is 0 Å². The molecule has 0 radical (unpaired) electrons. The van der Waals surface area contributed by atoms with Crippen LogP contribution in [0.5, 0.6) is 0 Å². The normalized spacial score (nSPS) is 23.6. The molecule has 1 atom stereocenters. The quantitative estimate of drug-likeness (QED) is 0.747. The lowest BCUT2D eigenvalue weighted by molar-refractivity contribution is -0.171. The summed E-state index contributed by atoms with van der Waals surface area (Å²) >= 11 is 0. The molecule has 0 bridgehead atoms. The fraction of sp³-hybridized carbons (Fsp3) is 0.625. The van der Waals surface area contributed by atoms with Crippen molar-refractivity contribution in [3.63, 3.8) is 0 Å². The molecule has 3 rings (SSSR count). The first kappa shape index (κ1) is 13.9. The summed E-state index contributed by atoms with van der Waals surface area (Å²) in [4.78, 5) is 2.33. The van der Waals surface area contributed by atoms with Gasteiger partial charge in [-0.15, -0.1) is 0 Å². The molecule has 0 saturated carbocycles. The highest BCUT2D eigenvalue weighted by Gasteiger charge is 2.27. The van der Waals surface area contributed by atoms with Gasteiger partial charge in [-0.25, -0.2) is 0 Å². The van der Waals surface area contributed by atoms with Gasteiger partial charge in [0.15, 0.2) is 6.29 Å². The number of ether oxygens (including phenoxy) is 3. The van der Waals surface area contributed by atoms with Crippen molar-refractivity contribution in [3.05, 3.63) is 30.3 Å². The van der Waals surface area contributed by atoms with Gasteiger partial charge in [-0.2, -0.15) is 0 Å². The third-order valence-corrected chi connectivity index (χ3v) is 3.85. The van der Waals surface area contributed by atoms with Crippen molar-refractivity contribution in [2.24, 2.45) is 0 Å². The van der Waals surface area contributed by atoms with E-state index in [2.05, 4.69) is 29.2 Å². The molecule has 20 heavy (non-hydrogen) atoms. The maximum absolute atomic E-state index is 5.80. The minimum absolute atomic E-state index is 0.00504. The summed E-state index contributed by atoms with van der Waals surface area (Å²) in [6, 6.07) is 10.5. The van der Waals surface area contributed by atoms with Crippen molar-refractivity contribution in [3.8, 4) is 0 Å². The molecule has 2 heterocycles. The van der Waals surface area contributed by atoms with Crippen LogP contribution in [-0.2, 0) is 14.2 Å². The molecular weight excluding hydrogens is 254 g/mol. The maximum atomic E-state index is 5.80. The molecule has 2 fully saturated rings. The molecule has 1 unspecified atom stereocenters. The number of hydrogen-bond acceptors (Lipinski definition) is 4. The van der Waals surface area contributed by atoms with Crippen LogP contribution in [0, 0.1) is 0 Å². The summed E-state index contributed by atoms with van der Waals surface area (Å²) in [5, 5.41) is 0. The maximum Gasteiger partial charge on any atom is 0.157 e. The first-order valence-corrected chi connectivity index (χ1v) is 7.56. The number of rotatable bonds is 6. The average Bonchev–Trinajstić information content (AvgIpc) is 2.47. The molecule has 4 heteroatoms. The Morgan fingerprint density at radius 2 is 1.85 bits per heavy atom. The van der Waals surface area contributed by atoms with Gasteiger partial charge in [0, 0.05) is 25.4 Å². The molecular formula is C16H23NO3. The van der Waals surface area contributed by atoms with Crippen LogP contribution in [0.3, 0.4) is 0 Å². The molecule has 2 aliphatic heterocycles. The Morgan fingerprint density at radius 3 is 2.60 bits per heavy atom. The van der Waals surface area contributed by atoms with E-state index >= 15 is 0 Å². The van der Waals surface area contributed by atoms with Crippen LogP contribution in [0.15, 0.2) is 30.3 Å². The molecule has 0 N–H and O–H groups in total. The Balaban J connectivity index is 1.26. The molecule has 1 aromatic rings. The highest BCUT2D eigenvalue weighted by Crippen LogP contribution is 2.21. The van der Waals surface area contributed by atoms with Crippen molar-refractivity contribution in [1.29, 1.82) is 0 Å². The van der Waals surface area contributed by atoms with E-state index in [4.69, 9.17) is 14.2 Å². The van der Waals surface area contributed by atoms with E-state index < -0.39 is 0 Å². The third kappa shape index (κ3) is 3.72. The number of hydrogen-bond donors (Lipinski definition) is 0. The van der Waals surface area contributed by atoms with Gasteiger partial charge < -0.3 is 19.1 Å².